The predicted molar refractivity (Wildman–Crippen MR) is 59.7 cm³/mol. The SMILES string of the molecule is COc1ccccc1[CH]c1ccccn1. The molecule has 2 rings (SSSR count). The van der Waals surface area contributed by atoms with E-state index in [1.165, 1.54) is 0 Å². The second-order valence-electron chi connectivity index (χ2n) is 3.14. The fourth-order valence-corrected chi connectivity index (χ4v) is 1.41. The topological polar surface area (TPSA) is 22.1 Å². The third kappa shape index (κ3) is 2.34. The number of aromatic nitrogens is 1. The van der Waals surface area contributed by atoms with Gasteiger partial charge in [0.05, 0.1) is 7.11 Å². The average Bonchev–Trinajstić information content (AvgIpc) is 2.31. The molecule has 1 heterocycles. The third-order valence-corrected chi connectivity index (χ3v) is 2.13. The van der Waals surface area contributed by atoms with Crippen LogP contribution in [0.5, 0.6) is 5.75 Å². The number of para-hydroxylation sites is 1. The predicted octanol–water partition coefficient (Wildman–Crippen LogP) is 2.69. The molecule has 2 nitrogen and oxygen atoms in total. The smallest absolute Gasteiger partial charge is 0.122 e. The van der Waals surface area contributed by atoms with E-state index in [-0.39, 0.29) is 0 Å². The van der Waals surface area contributed by atoms with Crippen LogP contribution in [0.25, 0.3) is 0 Å². The summed E-state index contributed by atoms with van der Waals surface area (Å²) in [7, 11) is 1.67. The van der Waals surface area contributed by atoms with E-state index in [2.05, 4.69) is 4.98 Å². The lowest BCUT2D eigenvalue weighted by molar-refractivity contribution is 0.412. The Morgan fingerprint density at radius 1 is 1.07 bits per heavy atom. The fraction of sp³-hybridized carbons (Fsp3) is 0.0769. The van der Waals surface area contributed by atoms with Crippen LogP contribution in [-0.2, 0) is 0 Å². The van der Waals surface area contributed by atoms with E-state index in [0.717, 1.165) is 17.0 Å². The molecular weight excluding hydrogens is 186 g/mol. The van der Waals surface area contributed by atoms with Gasteiger partial charge in [0.2, 0.25) is 0 Å². The molecule has 2 heteroatoms. The minimum atomic E-state index is 0.864. The molecule has 0 fully saturated rings. The first kappa shape index (κ1) is 9.71. The molecule has 0 aliphatic carbocycles. The summed E-state index contributed by atoms with van der Waals surface area (Å²) in [6.45, 7) is 0. The zero-order valence-electron chi connectivity index (χ0n) is 8.55. The van der Waals surface area contributed by atoms with E-state index < -0.39 is 0 Å². The Kier molecular flexibility index (Phi) is 2.98. The first-order valence-corrected chi connectivity index (χ1v) is 4.79. The van der Waals surface area contributed by atoms with E-state index in [4.69, 9.17) is 4.74 Å². The quantitative estimate of drug-likeness (QED) is 0.756. The van der Waals surface area contributed by atoms with Gasteiger partial charge in [-0.15, -0.1) is 0 Å². The molecule has 0 unspecified atom stereocenters. The standard InChI is InChI=1S/C13H12NO/c1-15-13-8-3-2-6-11(13)10-12-7-4-5-9-14-12/h2-10H,1H3. The second-order valence-corrected chi connectivity index (χ2v) is 3.14. The van der Waals surface area contributed by atoms with Gasteiger partial charge in [-0.05, 0) is 18.2 Å². The molecule has 75 valence electrons. The summed E-state index contributed by atoms with van der Waals surface area (Å²) in [4.78, 5) is 4.24. The Bertz CT molecular complexity index is 426. The number of benzene rings is 1. The molecule has 0 atom stereocenters. The highest BCUT2D eigenvalue weighted by Gasteiger charge is 2.03. The number of rotatable bonds is 3. The summed E-state index contributed by atoms with van der Waals surface area (Å²) in [5, 5.41) is 0. The Balaban J connectivity index is 2.24. The van der Waals surface area contributed by atoms with Gasteiger partial charge in [-0.25, -0.2) is 0 Å². The van der Waals surface area contributed by atoms with Crippen molar-refractivity contribution in [1.29, 1.82) is 0 Å². The molecule has 0 N–H and O–H groups in total. The lowest BCUT2D eigenvalue weighted by Crippen LogP contribution is -1.92. The van der Waals surface area contributed by atoms with E-state index in [0.29, 0.717) is 0 Å². The van der Waals surface area contributed by atoms with Crippen molar-refractivity contribution in [3.05, 3.63) is 66.3 Å². The van der Waals surface area contributed by atoms with Crippen molar-refractivity contribution in [1.82, 2.24) is 4.98 Å². The number of hydrogen-bond acceptors (Lipinski definition) is 2. The summed E-state index contributed by atoms with van der Waals surface area (Å²) in [5.41, 5.74) is 1.97. The normalized spacial score (nSPS) is 9.93. The first-order valence-electron chi connectivity index (χ1n) is 4.79. The molecule has 1 radical (unpaired) electrons. The highest BCUT2D eigenvalue weighted by atomic mass is 16.5. The molecule has 1 aromatic carbocycles. The van der Waals surface area contributed by atoms with Gasteiger partial charge < -0.3 is 4.74 Å². The van der Waals surface area contributed by atoms with Gasteiger partial charge in [-0.2, -0.15) is 0 Å². The Hall–Kier alpha value is -1.83. The van der Waals surface area contributed by atoms with Gasteiger partial charge in [0.1, 0.15) is 5.75 Å². The third-order valence-electron chi connectivity index (χ3n) is 2.13. The second kappa shape index (κ2) is 4.60. The van der Waals surface area contributed by atoms with E-state index >= 15 is 0 Å². The summed E-state index contributed by atoms with van der Waals surface area (Å²) in [6, 6.07) is 13.7. The Morgan fingerprint density at radius 2 is 1.87 bits per heavy atom. The molecule has 1 aromatic heterocycles. The maximum absolute atomic E-state index is 5.26. The van der Waals surface area contributed by atoms with Crippen molar-refractivity contribution >= 4 is 0 Å². The minimum Gasteiger partial charge on any atom is -0.496 e. The zero-order valence-corrected chi connectivity index (χ0v) is 8.55. The van der Waals surface area contributed by atoms with Gasteiger partial charge in [0.15, 0.2) is 0 Å². The van der Waals surface area contributed by atoms with Crippen LogP contribution < -0.4 is 4.74 Å². The summed E-state index contributed by atoms with van der Waals surface area (Å²) in [5.74, 6) is 0.864. The van der Waals surface area contributed by atoms with E-state index in [9.17, 15) is 0 Å². The molecule has 0 aliphatic rings. The molecule has 0 aliphatic heterocycles. The molecule has 0 saturated carbocycles. The number of methoxy groups -OCH3 is 1. The largest absolute Gasteiger partial charge is 0.496 e. The Labute approximate surface area is 89.6 Å². The van der Waals surface area contributed by atoms with Crippen molar-refractivity contribution in [2.24, 2.45) is 0 Å². The van der Waals surface area contributed by atoms with Gasteiger partial charge in [-0.1, -0.05) is 24.3 Å². The van der Waals surface area contributed by atoms with Gasteiger partial charge >= 0.3 is 0 Å². The van der Waals surface area contributed by atoms with Crippen molar-refractivity contribution in [2.45, 2.75) is 0 Å². The van der Waals surface area contributed by atoms with Gasteiger partial charge in [-0.3, -0.25) is 4.98 Å². The van der Waals surface area contributed by atoms with Crippen LogP contribution in [0.1, 0.15) is 11.3 Å². The molecule has 0 saturated heterocycles. The highest BCUT2D eigenvalue weighted by molar-refractivity contribution is 5.43. The summed E-state index contributed by atoms with van der Waals surface area (Å²) in [6.07, 6.45) is 3.78. The van der Waals surface area contributed by atoms with Gasteiger partial charge in [0.25, 0.3) is 0 Å². The number of nitrogens with zero attached hydrogens (tertiary/aromatic N) is 1. The van der Waals surface area contributed by atoms with Crippen LogP contribution >= 0.6 is 0 Å². The number of hydrogen-bond donors (Lipinski definition) is 0. The van der Waals surface area contributed by atoms with Crippen LogP contribution in [0.15, 0.2) is 48.7 Å². The molecule has 15 heavy (non-hydrogen) atoms. The van der Waals surface area contributed by atoms with Crippen molar-refractivity contribution in [2.75, 3.05) is 7.11 Å². The van der Waals surface area contributed by atoms with Crippen LogP contribution in [0.2, 0.25) is 0 Å². The first-order chi connectivity index (χ1) is 7.40. The molecule has 2 aromatic rings. The minimum absolute atomic E-state index is 0.864. The van der Waals surface area contributed by atoms with Crippen molar-refractivity contribution < 1.29 is 4.74 Å². The van der Waals surface area contributed by atoms with Crippen LogP contribution in [0.3, 0.4) is 0 Å². The lowest BCUT2D eigenvalue weighted by Gasteiger charge is -2.06. The number of pyridine rings is 1. The number of ether oxygens (including phenoxy) is 1. The molecule has 0 bridgehead atoms. The van der Waals surface area contributed by atoms with Crippen molar-refractivity contribution in [3.8, 4) is 5.75 Å². The van der Waals surface area contributed by atoms with E-state index in [1.807, 2.05) is 48.9 Å². The Morgan fingerprint density at radius 3 is 2.60 bits per heavy atom. The summed E-state index contributed by atoms with van der Waals surface area (Å²) < 4.78 is 5.26. The average molecular weight is 198 g/mol. The van der Waals surface area contributed by atoms with Crippen molar-refractivity contribution in [3.63, 3.8) is 0 Å². The van der Waals surface area contributed by atoms with Crippen LogP contribution in [0.4, 0.5) is 0 Å². The zero-order chi connectivity index (χ0) is 10.5. The molecular formula is C13H12NO. The maximum atomic E-state index is 5.26. The molecule has 0 amide bonds. The molecule has 0 spiro atoms. The van der Waals surface area contributed by atoms with Crippen LogP contribution in [-0.4, -0.2) is 12.1 Å². The monoisotopic (exact) mass is 198 g/mol. The lowest BCUT2D eigenvalue weighted by atomic mass is 10.1. The maximum Gasteiger partial charge on any atom is 0.122 e. The van der Waals surface area contributed by atoms with E-state index in [1.54, 1.807) is 13.3 Å². The summed E-state index contributed by atoms with van der Waals surface area (Å²) >= 11 is 0. The van der Waals surface area contributed by atoms with Crippen LogP contribution in [0, 0.1) is 6.42 Å². The highest BCUT2D eigenvalue weighted by Crippen LogP contribution is 2.21. The fourth-order valence-electron chi connectivity index (χ4n) is 1.41. The van der Waals surface area contributed by atoms with Gasteiger partial charge in [0, 0.05) is 23.9 Å².